The summed E-state index contributed by atoms with van der Waals surface area (Å²) in [5.74, 6) is 0.408. The molecule has 0 saturated carbocycles. The van der Waals surface area contributed by atoms with Crippen LogP contribution in [0.15, 0.2) is 91.0 Å². The van der Waals surface area contributed by atoms with Crippen molar-refractivity contribution in [1.29, 1.82) is 0 Å². The molecule has 1 aliphatic rings. The lowest BCUT2D eigenvalue weighted by Gasteiger charge is -2.23. The van der Waals surface area contributed by atoms with Crippen molar-refractivity contribution in [2.45, 2.75) is 31.6 Å². The fraction of sp³-hybridized carbons (Fsp3) is 0.192. The molecule has 1 heteroatoms. The molecule has 0 fully saturated rings. The number of allylic oxidation sites excluding steroid dienone is 2. The van der Waals surface area contributed by atoms with Crippen molar-refractivity contribution in [3.8, 4) is 0 Å². The first-order chi connectivity index (χ1) is 13.3. The third-order valence-corrected chi connectivity index (χ3v) is 5.43. The third kappa shape index (κ3) is 4.09. The molecule has 3 aromatic carbocycles. The van der Waals surface area contributed by atoms with Gasteiger partial charge in [-0.25, -0.2) is 0 Å². The third-order valence-electron chi connectivity index (χ3n) is 5.43. The molecule has 4 rings (SSSR count). The summed E-state index contributed by atoms with van der Waals surface area (Å²) in [5, 5.41) is 0. The largest absolute Gasteiger partial charge is 0.294 e. The summed E-state index contributed by atoms with van der Waals surface area (Å²) >= 11 is 0. The first-order valence-electron chi connectivity index (χ1n) is 9.72. The molecular formula is C26H24O. The Balaban J connectivity index is 1.61. The van der Waals surface area contributed by atoms with Gasteiger partial charge in [0.2, 0.25) is 0 Å². The number of hydrogen-bond acceptors (Lipinski definition) is 1. The fourth-order valence-electron chi connectivity index (χ4n) is 4.02. The van der Waals surface area contributed by atoms with Gasteiger partial charge in [0.05, 0.1) is 0 Å². The van der Waals surface area contributed by atoms with Crippen molar-refractivity contribution in [3.05, 3.63) is 113 Å². The van der Waals surface area contributed by atoms with E-state index in [1.54, 1.807) is 0 Å². The Kier molecular flexibility index (Phi) is 5.29. The number of carbonyl (C=O) groups excluding carboxylic acids is 1. The summed E-state index contributed by atoms with van der Waals surface area (Å²) in [6.45, 7) is 0. The summed E-state index contributed by atoms with van der Waals surface area (Å²) in [4.78, 5) is 12.9. The van der Waals surface area contributed by atoms with E-state index >= 15 is 0 Å². The molecule has 0 heterocycles. The van der Waals surface area contributed by atoms with Gasteiger partial charge in [-0.2, -0.15) is 0 Å². The summed E-state index contributed by atoms with van der Waals surface area (Å²) in [7, 11) is 0. The molecule has 0 bridgehead atoms. The second kappa shape index (κ2) is 8.18. The molecule has 0 aromatic heterocycles. The Morgan fingerprint density at radius 2 is 1.48 bits per heavy atom. The van der Waals surface area contributed by atoms with Crippen LogP contribution in [-0.4, -0.2) is 5.78 Å². The van der Waals surface area contributed by atoms with E-state index in [-0.39, 0.29) is 11.7 Å². The predicted octanol–water partition coefficient (Wildman–Crippen LogP) is 6.46. The zero-order valence-corrected chi connectivity index (χ0v) is 15.5. The minimum Gasteiger partial charge on any atom is -0.294 e. The normalized spacial score (nSPS) is 14.1. The Hall–Kier alpha value is -2.93. The Morgan fingerprint density at radius 1 is 0.815 bits per heavy atom. The van der Waals surface area contributed by atoms with Crippen LogP contribution < -0.4 is 0 Å². The van der Waals surface area contributed by atoms with Gasteiger partial charge in [0.1, 0.15) is 0 Å². The lowest BCUT2D eigenvalue weighted by atomic mass is 9.81. The zero-order valence-electron chi connectivity index (χ0n) is 15.5. The number of rotatable bonds is 6. The van der Waals surface area contributed by atoms with Crippen LogP contribution in [0.25, 0.3) is 5.57 Å². The van der Waals surface area contributed by atoms with Crippen molar-refractivity contribution in [2.24, 2.45) is 0 Å². The Bertz CT molecular complexity index is 938. The molecule has 1 aliphatic carbocycles. The summed E-state index contributed by atoms with van der Waals surface area (Å²) in [6, 6.07) is 28.8. The summed E-state index contributed by atoms with van der Waals surface area (Å²) in [6.07, 6.45) is 6.00. The van der Waals surface area contributed by atoms with Crippen LogP contribution in [0.4, 0.5) is 0 Å². The minimum absolute atomic E-state index is 0.191. The van der Waals surface area contributed by atoms with Gasteiger partial charge in [0.25, 0.3) is 0 Å². The number of aryl methyl sites for hydroxylation is 1. The number of carbonyl (C=O) groups is 1. The maximum atomic E-state index is 12.9. The lowest BCUT2D eigenvalue weighted by Crippen LogP contribution is -2.10. The number of Topliss-reactive ketones (excluding diaryl/α,β-unsaturated/α-hetero) is 1. The SMILES string of the molecule is O=C(C[C@H](CC1=CCCc2ccccc21)c1ccccc1)c1ccccc1. The summed E-state index contributed by atoms with van der Waals surface area (Å²) in [5.41, 5.74) is 6.21. The van der Waals surface area contributed by atoms with Gasteiger partial charge in [0, 0.05) is 12.0 Å². The van der Waals surface area contributed by atoms with E-state index in [0.29, 0.717) is 6.42 Å². The molecule has 0 radical (unpaired) electrons. The van der Waals surface area contributed by atoms with E-state index in [4.69, 9.17) is 0 Å². The lowest BCUT2D eigenvalue weighted by molar-refractivity contribution is 0.0974. The first-order valence-corrected chi connectivity index (χ1v) is 9.72. The van der Waals surface area contributed by atoms with Crippen molar-refractivity contribution in [2.75, 3.05) is 0 Å². The highest BCUT2D eigenvalue weighted by Gasteiger charge is 2.21. The minimum atomic E-state index is 0.191. The average molecular weight is 352 g/mol. The Morgan fingerprint density at radius 3 is 2.26 bits per heavy atom. The molecule has 1 atom stereocenters. The highest BCUT2D eigenvalue weighted by molar-refractivity contribution is 5.96. The smallest absolute Gasteiger partial charge is 0.163 e. The van der Waals surface area contributed by atoms with E-state index in [1.807, 2.05) is 36.4 Å². The van der Waals surface area contributed by atoms with Crippen LogP contribution in [-0.2, 0) is 6.42 Å². The van der Waals surface area contributed by atoms with E-state index < -0.39 is 0 Å². The molecule has 3 aromatic rings. The van der Waals surface area contributed by atoms with E-state index in [0.717, 1.165) is 24.8 Å². The van der Waals surface area contributed by atoms with E-state index in [2.05, 4.69) is 54.6 Å². The van der Waals surface area contributed by atoms with Gasteiger partial charge in [-0.05, 0) is 47.4 Å². The Labute approximate surface area is 161 Å². The number of ketones is 1. The van der Waals surface area contributed by atoms with Crippen LogP contribution in [0, 0.1) is 0 Å². The van der Waals surface area contributed by atoms with Crippen LogP contribution >= 0.6 is 0 Å². The van der Waals surface area contributed by atoms with Gasteiger partial charge in [-0.3, -0.25) is 4.79 Å². The van der Waals surface area contributed by atoms with Crippen molar-refractivity contribution >= 4 is 11.4 Å². The monoisotopic (exact) mass is 352 g/mol. The molecule has 134 valence electrons. The van der Waals surface area contributed by atoms with Crippen molar-refractivity contribution < 1.29 is 4.79 Å². The molecule has 27 heavy (non-hydrogen) atoms. The molecule has 0 spiro atoms. The molecule has 0 N–H and O–H groups in total. The molecule has 0 amide bonds. The van der Waals surface area contributed by atoms with Crippen molar-refractivity contribution in [3.63, 3.8) is 0 Å². The van der Waals surface area contributed by atoms with Gasteiger partial charge in [-0.15, -0.1) is 0 Å². The maximum absolute atomic E-state index is 12.9. The predicted molar refractivity (Wildman–Crippen MR) is 112 cm³/mol. The zero-order chi connectivity index (χ0) is 18.5. The number of benzene rings is 3. The topological polar surface area (TPSA) is 17.1 Å². The second-order valence-electron chi connectivity index (χ2n) is 7.23. The quantitative estimate of drug-likeness (QED) is 0.465. The first kappa shape index (κ1) is 17.5. The van der Waals surface area contributed by atoms with E-state index in [9.17, 15) is 4.79 Å². The van der Waals surface area contributed by atoms with Gasteiger partial charge in [-0.1, -0.05) is 91.0 Å². The highest BCUT2D eigenvalue weighted by Crippen LogP contribution is 2.36. The molecule has 1 nitrogen and oxygen atoms in total. The van der Waals surface area contributed by atoms with Crippen LogP contribution in [0.1, 0.15) is 52.2 Å². The van der Waals surface area contributed by atoms with Gasteiger partial charge < -0.3 is 0 Å². The van der Waals surface area contributed by atoms with Crippen LogP contribution in [0.2, 0.25) is 0 Å². The van der Waals surface area contributed by atoms with Crippen LogP contribution in [0.3, 0.4) is 0 Å². The van der Waals surface area contributed by atoms with E-state index in [1.165, 1.54) is 22.3 Å². The average Bonchev–Trinajstić information content (AvgIpc) is 2.74. The van der Waals surface area contributed by atoms with Crippen molar-refractivity contribution in [1.82, 2.24) is 0 Å². The van der Waals surface area contributed by atoms with Gasteiger partial charge >= 0.3 is 0 Å². The fourth-order valence-corrected chi connectivity index (χ4v) is 4.02. The van der Waals surface area contributed by atoms with Crippen LogP contribution in [0.5, 0.6) is 0 Å². The molecule has 0 aliphatic heterocycles. The standard InChI is InChI=1S/C26H24O/c27-26(22-13-5-2-6-14-22)19-24(20-10-3-1-4-11-20)18-23-16-9-15-21-12-7-8-17-25(21)23/h1-8,10-14,16-17,24H,9,15,18-19H2/t24-/m0/s1. The van der Waals surface area contributed by atoms with Gasteiger partial charge in [0.15, 0.2) is 5.78 Å². The number of hydrogen-bond donors (Lipinski definition) is 0. The summed E-state index contributed by atoms with van der Waals surface area (Å²) < 4.78 is 0. The number of fused-ring (bicyclic) bond motifs is 1. The molecule has 0 saturated heterocycles. The highest BCUT2D eigenvalue weighted by atomic mass is 16.1. The maximum Gasteiger partial charge on any atom is 0.163 e. The second-order valence-corrected chi connectivity index (χ2v) is 7.23. The molecular weight excluding hydrogens is 328 g/mol. The molecule has 0 unspecified atom stereocenters.